The molecule has 0 amide bonds. The zero-order chi connectivity index (χ0) is 17.8. The Hall–Kier alpha value is -3.70. The highest BCUT2D eigenvalue weighted by atomic mass is 14.7. The van der Waals surface area contributed by atoms with Crippen LogP contribution in [0.25, 0.3) is 33.6 Å². The van der Waals surface area contributed by atoms with E-state index in [2.05, 4.69) is 36.4 Å². The average Bonchev–Trinajstić information content (AvgIpc) is 2.75. The van der Waals surface area contributed by atoms with Crippen LogP contribution in [0.5, 0.6) is 0 Å². The minimum atomic E-state index is 0.651. The van der Waals surface area contributed by atoms with Crippen molar-refractivity contribution in [1.29, 1.82) is 5.26 Å². The summed E-state index contributed by atoms with van der Waals surface area (Å²) in [6.07, 6.45) is 0. The van der Waals surface area contributed by atoms with Gasteiger partial charge in [0.15, 0.2) is 0 Å². The molecule has 2 nitrogen and oxygen atoms in total. The summed E-state index contributed by atoms with van der Waals surface area (Å²) in [6.45, 7) is 0. The number of nitrogens with zero attached hydrogens (tertiary/aromatic N) is 2. The SMILES string of the molecule is N#Cc1ccc(-c2ccc(-c3ccccc3)c(-c3ccccc3)n2)cc1. The van der Waals surface area contributed by atoms with Crippen molar-refractivity contribution in [2.45, 2.75) is 0 Å². The van der Waals surface area contributed by atoms with Crippen LogP contribution in [0, 0.1) is 11.3 Å². The fourth-order valence-corrected chi connectivity index (χ4v) is 3.00. The van der Waals surface area contributed by atoms with Crippen molar-refractivity contribution < 1.29 is 0 Å². The second kappa shape index (κ2) is 7.04. The molecule has 0 bridgehead atoms. The molecule has 0 aliphatic heterocycles. The summed E-state index contributed by atoms with van der Waals surface area (Å²) in [4.78, 5) is 4.96. The van der Waals surface area contributed by atoms with Gasteiger partial charge in [0.25, 0.3) is 0 Å². The number of aromatic nitrogens is 1. The lowest BCUT2D eigenvalue weighted by Gasteiger charge is -2.12. The molecule has 1 aromatic heterocycles. The van der Waals surface area contributed by atoms with Crippen LogP contribution >= 0.6 is 0 Å². The molecular formula is C24H16N2. The highest BCUT2D eigenvalue weighted by Crippen LogP contribution is 2.32. The Morgan fingerprint density at radius 2 is 1.19 bits per heavy atom. The normalized spacial score (nSPS) is 10.3. The van der Waals surface area contributed by atoms with E-state index in [4.69, 9.17) is 10.2 Å². The van der Waals surface area contributed by atoms with Gasteiger partial charge in [0.05, 0.1) is 23.0 Å². The van der Waals surface area contributed by atoms with E-state index >= 15 is 0 Å². The first-order valence-corrected chi connectivity index (χ1v) is 8.47. The third-order valence-electron chi connectivity index (χ3n) is 4.34. The Balaban J connectivity index is 1.88. The van der Waals surface area contributed by atoms with Crippen LogP contribution in [0.4, 0.5) is 0 Å². The van der Waals surface area contributed by atoms with Crippen LogP contribution in [0.15, 0.2) is 97.1 Å². The topological polar surface area (TPSA) is 36.7 Å². The first kappa shape index (κ1) is 15.8. The predicted octanol–water partition coefficient (Wildman–Crippen LogP) is 5.95. The number of nitriles is 1. The second-order valence-electron chi connectivity index (χ2n) is 6.01. The number of pyridine rings is 1. The first-order chi connectivity index (χ1) is 12.8. The quantitative estimate of drug-likeness (QED) is 0.464. The highest BCUT2D eigenvalue weighted by molar-refractivity contribution is 5.82. The van der Waals surface area contributed by atoms with Crippen molar-refractivity contribution in [3.63, 3.8) is 0 Å². The fraction of sp³-hybridized carbons (Fsp3) is 0. The van der Waals surface area contributed by atoms with Crippen molar-refractivity contribution in [2.75, 3.05) is 0 Å². The minimum Gasteiger partial charge on any atom is -0.247 e. The maximum atomic E-state index is 8.99. The molecule has 0 radical (unpaired) electrons. The molecule has 1 heterocycles. The number of rotatable bonds is 3. The average molecular weight is 332 g/mol. The molecule has 0 saturated carbocycles. The van der Waals surface area contributed by atoms with E-state index in [1.807, 2.05) is 66.7 Å². The van der Waals surface area contributed by atoms with Crippen LogP contribution in [0.3, 0.4) is 0 Å². The molecule has 0 saturated heterocycles. The molecule has 0 fully saturated rings. The minimum absolute atomic E-state index is 0.651. The van der Waals surface area contributed by atoms with Gasteiger partial charge in [-0.25, -0.2) is 4.98 Å². The first-order valence-electron chi connectivity index (χ1n) is 8.47. The molecule has 0 N–H and O–H groups in total. The van der Waals surface area contributed by atoms with E-state index in [1.54, 1.807) is 0 Å². The Kier molecular flexibility index (Phi) is 4.28. The Bertz CT molecular complexity index is 1060. The van der Waals surface area contributed by atoms with Gasteiger partial charge in [-0.3, -0.25) is 0 Å². The number of benzene rings is 3. The van der Waals surface area contributed by atoms with E-state index in [0.29, 0.717) is 5.56 Å². The van der Waals surface area contributed by atoms with E-state index < -0.39 is 0 Å². The molecule has 2 heteroatoms. The molecule has 3 aromatic carbocycles. The smallest absolute Gasteiger partial charge is 0.0991 e. The standard InChI is InChI=1S/C24H16N2/c25-17-18-11-13-20(14-12-18)23-16-15-22(19-7-3-1-4-8-19)24(26-23)21-9-5-2-6-10-21/h1-16H. The molecule has 0 atom stereocenters. The van der Waals surface area contributed by atoms with Gasteiger partial charge in [0.2, 0.25) is 0 Å². The summed E-state index contributed by atoms with van der Waals surface area (Å²) in [5.74, 6) is 0. The highest BCUT2D eigenvalue weighted by Gasteiger charge is 2.11. The Morgan fingerprint density at radius 3 is 1.81 bits per heavy atom. The van der Waals surface area contributed by atoms with Crippen LogP contribution in [0.2, 0.25) is 0 Å². The van der Waals surface area contributed by atoms with Gasteiger partial charge in [-0.1, -0.05) is 78.9 Å². The van der Waals surface area contributed by atoms with Gasteiger partial charge in [-0.2, -0.15) is 5.26 Å². The predicted molar refractivity (Wildman–Crippen MR) is 105 cm³/mol. The number of hydrogen-bond donors (Lipinski definition) is 0. The molecule has 4 aromatic rings. The monoisotopic (exact) mass is 332 g/mol. The molecule has 26 heavy (non-hydrogen) atoms. The maximum absolute atomic E-state index is 8.99. The van der Waals surface area contributed by atoms with Crippen molar-refractivity contribution in [2.24, 2.45) is 0 Å². The van der Waals surface area contributed by atoms with Gasteiger partial charge >= 0.3 is 0 Å². The van der Waals surface area contributed by atoms with E-state index in [1.165, 1.54) is 0 Å². The van der Waals surface area contributed by atoms with Gasteiger partial charge < -0.3 is 0 Å². The largest absolute Gasteiger partial charge is 0.247 e. The third kappa shape index (κ3) is 3.11. The molecular weight excluding hydrogens is 316 g/mol. The molecule has 0 unspecified atom stereocenters. The lowest BCUT2D eigenvalue weighted by atomic mass is 9.98. The summed E-state index contributed by atoms with van der Waals surface area (Å²) >= 11 is 0. The van der Waals surface area contributed by atoms with E-state index in [9.17, 15) is 0 Å². The van der Waals surface area contributed by atoms with Crippen molar-refractivity contribution in [3.05, 3.63) is 103 Å². The van der Waals surface area contributed by atoms with Crippen LogP contribution in [-0.2, 0) is 0 Å². The van der Waals surface area contributed by atoms with Crippen LogP contribution in [0.1, 0.15) is 5.56 Å². The summed E-state index contributed by atoms with van der Waals surface area (Å²) in [6, 6.07) is 34.4. The molecule has 122 valence electrons. The summed E-state index contributed by atoms with van der Waals surface area (Å²) in [7, 11) is 0. The molecule has 0 aliphatic rings. The fourth-order valence-electron chi connectivity index (χ4n) is 3.00. The molecule has 4 rings (SSSR count). The Labute approximate surface area is 153 Å². The summed E-state index contributed by atoms with van der Waals surface area (Å²) < 4.78 is 0. The van der Waals surface area contributed by atoms with Crippen LogP contribution < -0.4 is 0 Å². The maximum Gasteiger partial charge on any atom is 0.0991 e. The van der Waals surface area contributed by atoms with Gasteiger partial charge in [0.1, 0.15) is 0 Å². The summed E-state index contributed by atoms with van der Waals surface area (Å²) in [5.41, 5.74) is 6.84. The van der Waals surface area contributed by atoms with E-state index in [0.717, 1.165) is 33.6 Å². The van der Waals surface area contributed by atoms with Gasteiger partial charge in [-0.05, 0) is 23.8 Å². The lowest BCUT2D eigenvalue weighted by molar-refractivity contribution is 1.32. The molecule has 0 spiro atoms. The zero-order valence-electron chi connectivity index (χ0n) is 14.1. The number of hydrogen-bond acceptors (Lipinski definition) is 2. The van der Waals surface area contributed by atoms with Crippen LogP contribution in [-0.4, -0.2) is 4.98 Å². The van der Waals surface area contributed by atoms with Gasteiger partial charge in [-0.15, -0.1) is 0 Å². The lowest BCUT2D eigenvalue weighted by Crippen LogP contribution is -1.92. The van der Waals surface area contributed by atoms with E-state index in [-0.39, 0.29) is 0 Å². The zero-order valence-corrected chi connectivity index (χ0v) is 14.1. The van der Waals surface area contributed by atoms with Gasteiger partial charge in [0, 0.05) is 16.7 Å². The third-order valence-corrected chi connectivity index (χ3v) is 4.34. The summed E-state index contributed by atoms with van der Waals surface area (Å²) in [5, 5.41) is 8.99. The Morgan fingerprint density at radius 1 is 0.577 bits per heavy atom. The van der Waals surface area contributed by atoms with Crippen molar-refractivity contribution in [1.82, 2.24) is 4.98 Å². The van der Waals surface area contributed by atoms with Crippen molar-refractivity contribution in [3.8, 4) is 39.7 Å². The molecule has 0 aliphatic carbocycles. The second-order valence-corrected chi connectivity index (χ2v) is 6.01. The van der Waals surface area contributed by atoms with Crippen molar-refractivity contribution >= 4 is 0 Å².